The van der Waals surface area contributed by atoms with E-state index >= 15 is 0 Å². The lowest BCUT2D eigenvalue weighted by Crippen LogP contribution is -1.98. The molecule has 0 aliphatic heterocycles. The van der Waals surface area contributed by atoms with Crippen molar-refractivity contribution in [2.75, 3.05) is 0 Å². The second-order valence-electron chi connectivity index (χ2n) is 8.01. The molecular formula is C31H21ClN2O2. The molecule has 0 saturated carbocycles. The molecule has 5 aromatic rings. The van der Waals surface area contributed by atoms with Crippen LogP contribution in [0.25, 0.3) is 22.5 Å². The Kier molecular flexibility index (Phi) is 6.93. The summed E-state index contributed by atoms with van der Waals surface area (Å²) in [5.41, 5.74) is 4.51. The summed E-state index contributed by atoms with van der Waals surface area (Å²) in [5.74, 6) is 1.50. The third kappa shape index (κ3) is 4.93. The Morgan fingerprint density at radius 3 is 2.17 bits per heavy atom. The molecule has 0 atom stereocenters. The van der Waals surface area contributed by atoms with Gasteiger partial charge < -0.3 is 9.15 Å². The van der Waals surface area contributed by atoms with Crippen LogP contribution in [0.4, 0.5) is 5.88 Å². The monoisotopic (exact) mass is 488 g/mol. The summed E-state index contributed by atoms with van der Waals surface area (Å²) in [5, 5.41) is 10.7. The van der Waals surface area contributed by atoms with Crippen LogP contribution in [0.5, 0.6) is 5.75 Å². The Morgan fingerprint density at radius 1 is 0.806 bits per heavy atom. The lowest BCUT2D eigenvalue weighted by molar-refractivity contribution is 0.306. The second-order valence-corrected chi connectivity index (χ2v) is 8.41. The summed E-state index contributed by atoms with van der Waals surface area (Å²) >= 11 is 6.27. The van der Waals surface area contributed by atoms with Gasteiger partial charge in [-0.3, -0.25) is 0 Å². The third-order valence-electron chi connectivity index (χ3n) is 5.68. The van der Waals surface area contributed by atoms with Crippen molar-refractivity contribution < 1.29 is 9.15 Å². The molecule has 1 aromatic heterocycles. The highest BCUT2D eigenvalue weighted by Gasteiger charge is 2.22. The Balaban J connectivity index is 1.52. The lowest BCUT2D eigenvalue weighted by Gasteiger charge is -2.10. The predicted octanol–water partition coefficient (Wildman–Crippen LogP) is 8.47. The van der Waals surface area contributed by atoms with Crippen molar-refractivity contribution in [1.29, 1.82) is 5.26 Å². The highest BCUT2D eigenvalue weighted by atomic mass is 35.5. The van der Waals surface area contributed by atoms with Gasteiger partial charge in [0.05, 0.1) is 0 Å². The van der Waals surface area contributed by atoms with Crippen molar-refractivity contribution in [2.24, 2.45) is 4.99 Å². The largest absolute Gasteiger partial charge is 0.488 e. The van der Waals surface area contributed by atoms with Crippen LogP contribution in [0.2, 0.25) is 5.02 Å². The Morgan fingerprint density at radius 2 is 1.44 bits per heavy atom. The zero-order valence-electron chi connectivity index (χ0n) is 19.3. The summed E-state index contributed by atoms with van der Waals surface area (Å²) in [4.78, 5) is 4.59. The zero-order chi connectivity index (χ0) is 24.7. The molecule has 0 aliphatic carbocycles. The van der Waals surface area contributed by atoms with Crippen molar-refractivity contribution in [2.45, 2.75) is 6.61 Å². The SMILES string of the molecule is N#Cc1c(N=Cc2ccccc2OCc2ccccc2Cl)oc(-c2ccccc2)c1-c1ccccc1. The van der Waals surface area contributed by atoms with E-state index < -0.39 is 0 Å². The normalized spacial score (nSPS) is 10.9. The topological polar surface area (TPSA) is 58.5 Å². The van der Waals surface area contributed by atoms with Crippen molar-refractivity contribution in [3.63, 3.8) is 0 Å². The predicted molar refractivity (Wildman–Crippen MR) is 144 cm³/mol. The summed E-state index contributed by atoms with van der Waals surface area (Å²) in [7, 11) is 0. The van der Waals surface area contributed by atoms with E-state index in [0.29, 0.717) is 28.7 Å². The molecule has 0 unspecified atom stereocenters. The number of hydrogen-bond acceptors (Lipinski definition) is 4. The number of furan rings is 1. The fraction of sp³-hybridized carbons (Fsp3) is 0.0323. The van der Waals surface area contributed by atoms with Crippen molar-refractivity contribution in [3.8, 4) is 34.3 Å². The number of nitriles is 1. The molecule has 0 spiro atoms. The maximum Gasteiger partial charge on any atom is 0.238 e. The van der Waals surface area contributed by atoms with Gasteiger partial charge in [0, 0.05) is 33.5 Å². The number of para-hydroxylation sites is 1. The number of hydrogen-bond donors (Lipinski definition) is 0. The number of halogens is 1. The van der Waals surface area contributed by atoms with Crippen molar-refractivity contribution >= 4 is 23.7 Å². The average Bonchev–Trinajstić information content (AvgIpc) is 3.31. The average molecular weight is 489 g/mol. The minimum Gasteiger partial charge on any atom is -0.488 e. The van der Waals surface area contributed by atoms with E-state index in [4.69, 9.17) is 20.8 Å². The first-order valence-corrected chi connectivity index (χ1v) is 11.8. The summed E-state index contributed by atoms with van der Waals surface area (Å²) in [6.45, 7) is 0.324. The third-order valence-corrected chi connectivity index (χ3v) is 6.05. The fourth-order valence-corrected chi connectivity index (χ4v) is 4.09. The van der Waals surface area contributed by atoms with E-state index in [1.807, 2.05) is 109 Å². The molecule has 36 heavy (non-hydrogen) atoms. The van der Waals surface area contributed by atoms with E-state index in [0.717, 1.165) is 27.8 Å². The van der Waals surface area contributed by atoms with E-state index in [-0.39, 0.29) is 5.88 Å². The first kappa shape index (κ1) is 23.2. The molecule has 0 fully saturated rings. The highest BCUT2D eigenvalue weighted by Crippen LogP contribution is 2.42. The molecule has 0 saturated heterocycles. The van der Waals surface area contributed by atoms with Crippen LogP contribution in [0.1, 0.15) is 16.7 Å². The molecule has 4 aromatic carbocycles. The van der Waals surface area contributed by atoms with Gasteiger partial charge in [0.1, 0.15) is 29.7 Å². The quantitative estimate of drug-likeness (QED) is 0.216. The van der Waals surface area contributed by atoms with Crippen LogP contribution in [0, 0.1) is 11.3 Å². The molecule has 0 bridgehead atoms. The Bertz CT molecular complexity index is 1550. The van der Waals surface area contributed by atoms with Crippen molar-refractivity contribution in [1.82, 2.24) is 0 Å². The van der Waals surface area contributed by atoms with Gasteiger partial charge in [0.25, 0.3) is 0 Å². The van der Waals surface area contributed by atoms with Crippen LogP contribution < -0.4 is 4.74 Å². The smallest absolute Gasteiger partial charge is 0.238 e. The summed E-state index contributed by atoms with van der Waals surface area (Å²) in [6.07, 6.45) is 1.66. The molecule has 4 nitrogen and oxygen atoms in total. The molecule has 1 heterocycles. The molecule has 174 valence electrons. The van der Waals surface area contributed by atoms with Gasteiger partial charge in [-0.25, -0.2) is 4.99 Å². The van der Waals surface area contributed by atoms with Crippen LogP contribution in [-0.4, -0.2) is 6.21 Å². The van der Waals surface area contributed by atoms with Gasteiger partial charge in [0.2, 0.25) is 5.88 Å². The zero-order valence-corrected chi connectivity index (χ0v) is 20.0. The van der Waals surface area contributed by atoms with Crippen LogP contribution in [-0.2, 0) is 6.61 Å². The molecule has 0 radical (unpaired) electrons. The molecule has 0 N–H and O–H groups in total. The Labute approximate surface area is 214 Å². The molecule has 5 rings (SSSR count). The molecule has 5 heteroatoms. The summed E-state index contributed by atoms with van der Waals surface area (Å²) < 4.78 is 12.3. The first-order valence-electron chi connectivity index (χ1n) is 11.4. The minimum absolute atomic E-state index is 0.246. The first-order chi connectivity index (χ1) is 17.7. The van der Waals surface area contributed by atoms with Crippen LogP contribution >= 0.6 is 11.6 Å². The van der Waals surface area contributed by atoms with E-state index in [2.05, 4.69) is 11.1 Å². The maximum absolute atomic E-state index is 10.1. The number of benzene rings is 4. The number of rotatable bonds is 7. The van der Waals surface area contributed by atoms with Gasteiger partial charge in [-0.2, -0.15) is 5.26 Å². The lowest BCUT2D eigenvalue weighted by atomic mass is 9.98. The highest BCUT2D eigenvalue weighted by molar-refractivity contribution is 6.31. The van der Waals surface area contributed by atoms with Crippen LogP contribution in [0.15, 0.2) is 119 Å². The number of ether oxygens (including phenoxy) is 1. The van der Waals surface area contributed by atoms with Gasteiger partial charge in [-0.05, 0) is 23.8 Å². The fourth-order valence-electron chi connectivity index (χ4n) is 3.90. The molecule has 0 amide bonds. The van der Waals surface area contributed by atoms with Gasteiger partial charge >= 0.3 is 0 Å². The van der Waals surface area contributed by atoms with Gasteiger partial charge in [-0.15, -0.1) is 0 Å². The van der Waals surface area contributed by atoms with Gasteiger partial charge in [-0.1, -0.05) is 103 Å². The molecular weight excluding hydrogens is 468 g/mol. The standard InChI is InChI=1S/C31H21ClN2O2/c32-27-17-9-7-16-25(27)21-35-28-18-10-8-15-24(28)20-34-31-26(19-33)29(22-11-3-1-4-12-22)30(36-31)23-13-5-2-6-14-23/h1-18,20H,21H2. The second kappa shape index (κ2) is 10.8. The van der Waals surface area contributed by atoms with Gasteiger partial charge in [0.15, 0.2) is 0 Å². The Hall–Kier alpha value is -4.59. The molecule has 0 aliphatic rings. The minimum atomic E-state index is 0.246. The van der Waals surface area contributed by atoms with E-state index in [1.165, 1.54) is 0 Å². The van der Waals surface area contributed by atoms with E-state index in [9.17, 15) is 5.26 Å². The number of nitrogens with zero attached hydrogens (tertiary/aromatic N) is 2. The number of aliphatic imine (C=N–C) groups is 1. The van der Waals surface area contributed by atoms with Crippen molar-refractivity contribution in [3.05, 3.63) is 131 Å². The maximum atomic E-state index is 10.1. The van der Waals surface area contributed by atoms with E-state index in [1.54, 1.807) is 6.21 Å². The van der Waals surface area contributed by atoms with Crippen LogP contribution in [0.3, 0.4) is 0 Å². The summed E-state index contributed by atoms with van der Waals surface area (Å²) in [6, 6.07) is 36.9.